The largest absolute Gasteiger partial charge is 0.375 e. The summed E-state index contributed by atoms with van der Waals surface area (Å²) in [4.78, 5) is 35.6. The first-order valence-corrected chi connectivity index (χ1v) is 12.9. The fourth-order valence-corrected chi connectivity index (χ4v) is 6.50. The maximum Gasteiger partial charge on any atom is 0.230 e. The molecule has 1 unspecified atom stereocenters. The maximum absolute atomic E-state index is 12.1. The molecule has 0 bridgehead atoms. The monoisotopic (exact) mass is 512 g/mol. The predicted octanol–water partition coefficient (Wildman–Crippen LogP) is 3.27. The van der Waals surface area contributed by atoms with Crippen LogP contribution in [0.2, 0.25) is 5.02 Å². The van der Waals surface area contributed by atoms with E-state index >= 15 is 0 Å². The van der Waals surface area contributed by atoms with Crippen molar-refractivity contribution in [1.29, 1.82) is 0 Å². The molecule has 1 spiro atoms. The van der Waals surface area contributed by atoms with Crippen LogP contribution < -0.4 is 5.32 Å². The van der Waals surface area contributed by atoms with E-state index in [1.165, 1.54) is 16.2 Å². The summed E-state index contributed by atoms with van der Waals surface area (Å²) < 4.78 is 12.8. The summed E-state index contributed by atoms with van der Waals surface area (Å²) in [5.74, 6) is -0.246. The standard InChI is InChI=1S/C25H25ClN4O4S/c1-14-4-15(26)5-19(18(14)6-16-8-27-10-25(34-16)11-33-12-25)23-24-20(28-13-29-23)7-17(35-24)9-30-21(31)2-3-22(30)32/h4-5,7,13,16,27H,2-3,6,8-12H2,1H3. The number of hydrogen-bond acceptors (Lipinski definition) is 8. The second kappa shape index (κ2) is 8.90. The minimum atomic E-state index is -0.224. The minimum Gasteiger partial charge on any atom is -0.375 e. The van der Waals surface area contributed by atoms with Crippen LogP contribution in [0.4, 0.5) is 0 Å². The molecule has 8 nitrogen and oxygen atoms in total. The third kappa shape index (κ3) is 4.25. The van der Waals surface area contributed by atoms with Crippen LogP contribution in [0.1, 0.15) is 28.8 Å². The molecule has 2 aromatic heterocycles. The molecule has 1 atom stereocenters. The summed E-state index contributed by atoms with van der Waals surface area (Å²) in [6, 6.07) is 5.87. The SMILES string of the molecule is Cc1cc(Cl)cc(-c2ncnc3cc(CN4C(=O)CCC4=O)sc23)c1CC1CNCC2(COC2)O1. The molecule has 0 aliphatic carbocycles. The number of aryl methyl sites for hydroxylation is 1. The number of likely N-dealkylation sites (tertiary alicyclic amines) is 1. The number of ether oxygens (including phenoxy) is 2. The molecule has 6 rings (SSSR count). The Morgan fingerprint density at radius 2 is 2.00 bits per heavy atom. The van der Waals surface area contributed by atoms with Crippen molar-refractivity contribution in [2.75, 3.05) is 26.3 Å². The summed E-state index contributed by atoms with van der Waals surface area (Å²) in [7, 11) is 0. The highest BCUT2D eigenvalue weighted by Gasteiger charge is 2.44. The van der Waals surface area contributed by atoms with E-state index in [9.17, 15) is 9.59 Å². The van der Waals surface area contributed by atoms with Crippen LogP contribution in [0.15, 0.2) is 24.5 Å². The number of aromatic nitrogens is 2. The maximum atomic E-state index is 12.1. The number of hydrogen-bond donors (Lipinski definition) is 1. The fraction of sp³-hybridized carbons (Fsp3) is 0.440. The molecule has 3 aliphatic heterocycles. The minimum absolute atomic E-state index is 0.00897. The van der Waals surface area contributed by atoms with Crippen LogP contribution in [0, 0.1) is 6.92 Å². The van der Waals surface area contributed by atoms with Gasteiger partial charge in [0.15, 0.2) is 0 Å². The van der Waals surface area contributed by atoms with Crippen LogP contribution in [0.25, 0.3) is 21.5 Å². The number of imide groups is 1. The Morgan fingerprint density at radius 1 is 1.20 bits per heavy atom. The van der Waals surface area contributed by atoms with E-state index in [-0.39, 0.29) is 42.9 Å². The number of fused-ring (bicyclic) bond motifs is 1. The van der Waals surface area contributed by atoms with Gasteiger partial charge in [-0.25, -0.2) is 9.97 Å². The molecule has 3 fully saturated rings. The van der Waals surface area contributed by atoms with Crippen molar-refractivity contribution in [3.05, 3.63) is 45.6 Å². The third-order valence-electron chi connectivity index (χ3n) is 6.92. The highest BCUT2D eigenvalue weighted by atomic mass is 35.5. The Bertz CT molecular complexity index is 1320. The van der Waals surface area contributed by atoms with E-state index < -0.39 is 0 Å². The Hall–Kier alpha value is -2.43. The lowest BCUT2D eigenvalue weighted by atomic mass is 9.92. The zero-order chi connectivity index (χ0) is 24.2. The lowest BCUT2D eigenvalue weighted by Crippen LogP contribution is -2.64. The quantitative estimate of drug-likeness (QED) is 0.524. The van der Waals surface area contributed by atoms with Crippen LogP contribution in [-0.4, -0.2) is 64.7 Å². The van der Waals surface area contributed by atoms with Crippen molar-refractivity contribution in [2.24, 2.45) is 0 Å². The van der Waals surface area contributed by atoms with Gasteiger partial charge in [0.2, 0.25) is 11.8 Å². The first-order valence-electron chi connectivity index (χ1n) is 11.7. The molecule has 3 saturated heterocycles. The first kappa shape index (κ1) is 23.0. The average molecular weight is 513 g/mol. The van der Waals surface area contributed by atoms with Crippen molar-refractivity contribution in [2.45, 2.75) is 44.4 Å². The van der Waals surface area contributed by atoms with Crippen LogP contribution in [0.5, 0.6) is 0 Å². The van der Waals surface area contributed by atoms with Crippen molar-refractivity contribution >= 4 is 45.0 Å². The zero-order valence-corrected chi connectivity index (χ0v) is 20.9. The second-order valence-electron chi connectivity index (χ2n) is 9.52. The van der Waals surface area contributed by atoms with E-state index in [4.69, 9.17) is 21.1 Å². The van der Waals surface area contributed by atoms with Gasteiger partial charge >= 0.3 is 0 Å². The second-order valence-corrected chi connectivity index (χ2v) is 11.1. The van der Waals surface area contributed by atoms with Gasteiger partial charge in [0.25, 0.3) is 0 Å². The lowest BCUT2D eigenvalue weighted by Gasteiger charge is -2.47. The normalized spacial score (nSPS) is 21.8. The van der Waals surface area contributed by atoms with Crippen molar-refractivity contribution < 1.29 is 19.1 Å². The van der Waals surface area contributed by atoms with E-state index in [0.29, 0.717) is 24.7 Å². The number of thiophene rings is 1. The lowest BCUT2D eigenvalue weighted by molar-refractivity contribution is -0.240. The summed E-state index contributed by atoms with van der Waals surface area (Å²) >= 11 is 8.03. The number of carbonyl (C=O) groups is 2. The molecule has 0 radical (unpaired) electrons. The number of halogens is 1. The summed E-state index contributed by atoms with van der Waals surface area (Å²) in [5, 5.41) is 4.14. The topological polar surface area (TPSA) is 93.7 Å². The number of benzene rings is 1. The molecule has 3 aromatic rings. The highest BCUT2D eigenvalue weighted by molar-refractivity contribution is 7.19. The van der Waals surface area contributed by atoms with E-state index in [1.807, 2.05) is 18.2 Å². The van der Waals surface area contributed by atoms with Gasteiger partial charge in [0, 0.05) is 47.8 Å². The molecule has 1 aromatic carbocycles. The molecule has 35 heavy (non-hydrogen) atoms. The molecule has 0 saturated carbocycles. The molecule has 5 heterocycles. The molecule has 1 N–H and O–H groups in total. The van der Waals surface area contributed by atoms with Crippen molar-refractivity contribution in [1.82, 2.24) is 20.2 Å². The predicted molar refractivity (Wildman–Crippen MR) is 132 cm³/mol. The Labute approximate surface area is 211 Å². The molecular weight excluding hydrogens is 488 g/mol. The zero-order valence-electron chi connectivity index (χ0n) is 19.3. The summed E-state index contributed by atoms with van der Waals surface area (Å²) in [5.41, 5.74) is 4.54. The number of rotatable bonds is 5. The molecular formula is C25H25ClN4O4S. The van der Waals surface area contributed by atoms with Crippen LogP contribution in [-0.2, 0) is 32.0 Å². The molecule has 3 aliphatic rings. The molecule has 182 valence electrons. The molecule has 10 heteroatoms. The Balaban J connectivity index is 1.36. The number of amides is 2. The van der Waals surface area contributed by atoms with Gasteiger partial charge in [-0.15, -0.1) is 11.3 Å². The fourth-order valence-electron chi connectivity index (χ4n) is 5.12. The molecule has 2 amide bonds. The van der Waals surface area contributed by atoms with Crippen LogP contribution in [0.3, 0.4) is 0 Å². The van der Waals surface area contributed by atoms with E-state index in [1.54, 1.807) is 6.33 Å². The van der Waals surface area contributed by atoms with Gasteiger partial charge in [-0.2, -0.15) is 0 Å². The van der Waals surface area contributed by atoms with Crippen LogP contribution >= 0.6 is 22.9 Å². The number of carbonyl (C=O) groups excluding carboxylic acids is 2. The first-order chi connectivity index (χ1) is 16.9. The van der Waals surface area contributed by atoms with E-state index in [2.05, 4.69) is 22.2 Å². The van der Waals surface area contributed by atoms with Gasteiger partial charge in [-0.05, 0) is 36.2 Å². The average Bonchev–Trinajstić information content (AvgIpc) is 3.37. The van der Waals surface area contributed by atoms with Gasteiger partial charge in [0.05, 0.1) is 41.8 Å². The number of nitrogens with one attached hydrogen (secondary N) is 1. The van der Waals surface area contributed by atoms with Crippen molar-refractivity contribution in [3.8, 4) is 11.3 Å². The highest BCUT2D eigenvalue weighted by Crippen LogP contribution is 2.38. The van der Waals surface area contributed by atoms with Gasteiger partial charge in [0.1, 0.15) is 11.9 Å². The third-order valence-corrected chi connectivity index (χ3v) is 8.26. The summed E-state index contributed by atoms with van der Waals surface area (Å²) in [6.45, 7) is 5.15. The van der Waals surface area contributed by atoms with Gasteiger partial charge in [-0.3, -0.25) is 14.5 Å². The Morgan fingerprint density at radius 3 is 2.74 bits per heavy atom. The van der Waals surface area contributed by atoms with Gasteiger partial charge < -0.3 is 14.8 Å². The Kier molecular flexibility index (Phi) is 5.85. The number of morpholine rings is 1. The van der Waals surface area contributed by atoms with E-state index in [0.717, 1.165) is 50.6 Å². The smallest absolute Gasteiger partial charge is 0.230 e. The number of nitrogens with zero attached hydrogens (tertiary/aromatic N) is 3. The van der Waals surface area contributed by atoms with Crippen molar-refractivity contribution in [3.63, 3.8) is 0 Å². The van der Waals surface area contributed by atoms with Gasteiger partial charge in [-0.1, -0.05) is 11.6 Å². The summed E-state index contributed by atoms with van der Waals surface area (Å²) in [6.07, 6.45) is 2.85.